The first-order valence-corrected chi connectivity index (χ1v) is 2.58. The van der Waals surface area contributed by atoms with Crippen molar-refractivity contribution in [3.8, 4) is 0 Å². The maximum Gasteiger partial charge on any atom is 0.335 e. The fourth-order valence-electron chi connectivity index (χ4n) is 0.255. The molecule has 9 heavy (non-hydrogen) atoms. The lowest BCUT2D eigenvalue weighted by molar-refractivity contribution is -0.159. The van der Waals surface area contributed by atoms with Gasteiger partial charge >= 0.3 is 5.97 Å². The van der Waals surface area contributed by atoms with Crippen LogP contribution in [0.3, 0.4) is 0 Å². The smallest absolute Gasteiger partial charge is 0.335 e. The summed E-state index contributed by atoms with van der Waals surface area (Å²) in [6.07, 6.45) is -1.05. The molecule has 0 aromatic carbocycles. The number of esters is 1. The highest BCUT2D eigenvalue weighted by molar-refractivity contribution is 5.86. The number of hydrogen-bond donors (Lipinski definition) is 1. The van der Waals surface area contributed by atoms with Crippen molar-refractivity contribution >= 4 is 5.97 Å². The summed E-state index contributed by atoms with van der Waals surface area (Å²) in [4.78, 5) is 10.5. The number of aliphatic hydroxyl groups excluding tert-OH is 1. The van der Waals surface area contributed by atoms with Crippen molar-refractivity contribution in [2.75, 3.05) is 0 Å². The molecule has 0 saturated heterocycles. The molecule has 0 aromatic heterocycles. The number of carbonyl (C=O) groups excluding carboxylic acids is 1. The van der Waals surface area contributed by atoms with Crippen LogP contribution in [0.5, 0.6) is 0 Å². The second-order valence-corrected chi connectivity index (χ2v) is 1.78. The predicted molar refractivity (Wildman–Crippen MR) is 32.6 cm³/mol. The second-order valence-electron chi connectivity index (χ2n) is 1.78. The van der Waals surface area contributed by atoms with Crippen molar-refractivity contribution < 1.29 is 14.6 Å². The Bertz CT molecular complexity index is 126. The predicted octanol–water partition coefficient (Wildman–Crippen LogP) is 0.444. The van der Waals surface area contributed by atoms with Crippen molar-refractivity contribution in [1.82, 2.24) is 0 Å². The van der Waals surface area contributed by atoms with E-state index in [1.54, 1.807) is 0 Å². The maximum absolute atomic E-state index is 10.5. The molecule has 0 spiro atoms. The topological polar surface area (TPSA) is 46.5 Å². The van der Waals surface area contributed by atoms with Gasteiger partial charge in [-0.3, -0.25) is 0 Å². The molecule has 0 radical (unpaired) electrons. The molecule has 0 aliphatic carbocycles. The number of carbonyl (C=O) groups is 1. The fraction of sp³-hybridized carbons (Fsp3) is 0.500. The fourth-order valence-corrected chi connectivity index (χ4v) is 0.255. The lowest BCUT2D eigenvalue weighted by Gasteiger charge is -2.04. The summed E-state index contributed by atoms with van der Waals surface area (Å²) in [5.74, 6) is -0.565. The zero-order valence-electron chi connectivity index (χ0n) is 5.55. The van der Waals surface area contributed by atoms with Gasteiger partial charge in [0, 0.05) is 5.57 Å². The van der Waals surface area contributed by atoms with Gasteiger partial charge in [-0.2, -0.15) is 0 Å². The molecule has 1 N–H and O–H groups in total. The van der Waals surface area contributed by atoms with Crippen LogP contribution in [-0.4, -0.2) is 17.4 Å². The lowest BCUT2D eigenvalue weighted by Crippen LogP contribution is -2.13. The second kappa shape index (κ2) is 3.25. The first-order valence-electron chi connectivity index (χ1n) is 2.58. The maximum atomic E-state index is 10.5. The first kappa shape index (κ1) is 8.17. The van der Waals surface area contributed by atoms with Crippen molar-refractivity contribution in [1.29, 1.82) is 0 Å². The van der Waals surface area contributed by atoms with E-state index in [1.165, 1.54) is 13.8 Å². The third-order valence-electron chi connectivity index (χ3n) is 0.626. The van der Waals surface area contributed by atoms with Crippen LogP contribution in [0.25, 0.3) is 0 Å². The molecule has 0 rings (SSSR count). The van der Waals surface area contributed by atoms with E-state index in [1.807, 2.05) is 0 Å². The molecule has 0 amide bonds. The molecule has 0 heterocycles. The van der Waals surface area contributed by atoms with E-state index in [-0.39, 0.29) is 5.57 Å². The van der Waals surface area contributed by atoms with Gasteiger partial charge < -0.3 is 9.84 Å². The van der Waals surface area contributed by atoms with Gasteiger partial charge in [0.1, 0.15) is 0 Å². The van der Waals surface area contributed by atoms with E-state index >= 15 is 0 Å². The Morgan fingerprint density at radius 2 is 2.22 bits per heavy atom. The van der Waals surface area contributed by atoms with Crippen LogP contribution in [0.1, 0.15) is 13.8 Å². The summed E-state index contributed by atoms with van der Waals surface area (Å²) in [6, 6.07) is 0. The Balaban J connectivity index is 3.65. The molecule has 0 saturated carbocycles. The Hall–Kier alpha value is -0.830. The molecule has 3 heteroatoms. The lowest BCUT2D eigenvalue weighted by atomic mass is 10.4. The van der Waals surface area contributed by atoms with Crippen molar-refractivity contribution in [3.05, 3.63) is 12.2 Å². The number of hydrogen-bond acceptors (Lipinski definition) is 3. The van der Waals surface area contributed by atoms with Gasteiger partial charge in [-0.25, -0.2) is 4.79 Å². The van der Waals surface area contributed by atoms with E-state index < -0.39 is 12.3 Å². The van der Waals surface area contributed by atoms with Crippen LogP contribution in [0, 0.1) is 0 Å². The van der Waals surface area contributed by atoms with Gasteiger partial charge in [0.2, 0.25) is 0 Å². The Morgan fingerprint density at radius 3 is 2.33 bits per heavy atom. The molecule has 0 aromatic rings. The third kappa shape index (κ3) is 3.73. The minimum Gasteiger partial charge on any atom is -0.433 e. The number of aliphatic hydroxyl groups is 1. The zero-order valence-corrected chi connectivity index (χ0v) is 5.55. The van der Waals surface area contributed by atoms with Crippen LogP contribution in [0.15, 0.2) is 12.2 Å². The molecule has 1 atom stereocenters. The summed E-state index contributed by atoms with van der Waals surface area (Å²) in [5.41, 5.74) is 0.288. The quantitative estimate of drug-likeness (QED) is 0.335. The van der Waals surface area contributed by atoms with Gasteiger partial charge in [0.15, 0.2) is 6.29 Å². The minimum absolute atomic E-state index is 0.288. The molecule has 0 aliphatic rings. The van der Waals surface area contributed by atoms with Gasteiger partial charge in [-0.1, -0.05) is 6.58 Å². The number of rotatable bonds is 2. The largest absolute Gasteiger partial charge is 0.433 e. The summed E-state index contributed by atoms with van der Waals surface area (Å²) in [6.45, 7) is 6.20. The molecule has 0 aliphatic heterocycles. The molecule has 3 nitrogen and oxygen atoms in total. The third-order valence-corrected chi connectivity index (χ3v) is 0.626. The summed E-state index contributed by atoms with van der Waals surface area (Å²) < 4.78 is 4.33. The van der Waals surface area contributed by atoms with Gasteiger partial charge in [0.25, 0.3) is 0 Å². The average molecular weight is 130 g/mol. The summed E-state index contributed by atoms with van der Waals surface area (Å²) in [7, 11) is 0. The van der Waals surface area contributed by atoms with Crippen LogP contribution >= 0.6 is 0 Å². The van der Waals surface area contributed by atoms with Crippen molar-refractivity contribution in [2.24, 2.45) is 0 Å². The molecule has 0 bridgehead atoms. The Kier molecular flexibility index (Phi) is 2.95. The highest BCUT2D eigenvalue weighted by Gasteiger charge is 2.04. The summed E-state index contributed by atoms with van der Waals surface area (Å²) >= 11 is 0. The van der Waals surface area contributed by atoms with Gasteiger partial charge in [-0.15, -0.1) is 0 Å². The monoisotopic (exact) mass is 130 g/mol. The first-order chi connectivity index (χ1) is 4.04. The minimum atomic E-state index is -1.05. The SMILES string of the molecule is C=C(C)C(=O)O[C@@H](C)O. The Labute approximate surface area is 53.9 Å². The van der Waals surface area contributed by atoms with Gasteiger partial charge in [0.05, 0.1) is 0 Å². The van der Waals surface area contributed by atoms with E-state index in [2.05, 4.69) is 11.3 Å². The van der Waals surface area contributed by atoms with E-state index in [9.17, 15) is 4.79 Å². The van der Waals surface area contributed by atoms with Crippen LogP contribution in [0.4, 0.5) is 0 Å². The van der Waals surface area contributed by atoms with Crippen LogP contribution < -0.4 is 0 Å². The molecule has 0 unspecified atom stereocenters. The standard InChI is InChI=1S/C6H10O3/c1-4(2)6(8)9-5(3)7/h5,7H,1H2,2-3H3/t5-/m0/s1. The highest BCUT2D eigenvalue weighted by atomic mass is 16.6. The normalized spacial score (nSPS) is 12.3. The average Bonchev–Trinajstić information content (AvgIpc) is 1.63. The van der Waals surface area contributed by atoms with E-state index in [0.717, 1.165) is 0 Å². The van der Waals surface area contributed by atoms with Gasteiger partial charge in [-0.05, 0) is 13.8 Å². The molecule has 52 valence electrons. The number of ether oxygens (including phenoxy) is 1. The summed E-state index contributed by atoms with van der Waals surface area (Å²) in [5, 5.41) is 8.49. The van der Waals surface area contributed by atoms with Crippen LogP contribution in [-0.2, 0) is 9.53 Å². The molecule has 0 fully saturated rings. The van der Waals surface area contributed by atoms with Crippen molar-refractivity contribution in [2.45, 2.75) is 20.1 Å². The zero-order chi connectivity index (χ0) is 7.44. The Morgan fingerprint density at radius 1 is 1.78 bits per heavy atom. The highest BCUT2D eigenvalue weighted by Crippen LogP contribution is 1.94. The van der Waals surface area contributed by atoms with Crippen LogP contribution in [0.2, 0.25) is 0 Å². The van der Waals surface area contributed by atoms with E-state index in [0.29, 0.717) is 0 Å². The van der Waals surface area contributed by atoms with Crippen molar-refractivity contribution in [3.63, 3.8) is 0 Å². The van der Waals surface area contributed by atoms with E-state index in [4.69, 9.17) is 5.11 Å². The molecular weight excluding hydrogens is 120 g/mol. The molecular formula is C6H10O3.